The number of alkyl halides is 2. The molecule has 4 rings (SSSR count). The van der Waals surface area contributed by atoms with Crippen LogP contribution in [0.15, 0.2) is 36.5 Å². The van der Waals surface area contributed by atoms with Gasteiger partial charge in [-0.2, -0.15) is 15.1 Å². The Morgan fingerprint density at radius 1 is 1.21 bits per heavy atom. The molecule has 1 aromatic carbocycles. The summed E-state index contributed by atoms with van der Waals surface area (Å²) in [6.45, 7) is 2.98. The molecule has 1 aliphatic rings. The van der Waals surface area contributed by atoms with Crippen LogP contribution < -0.4 is 10.6 Å². The number of nitrogens with one attached hydrogen (secondary N) is 2. The molecule has 1 aliphatic carbocycles. The fourth-order valence-electron chi connectivity index (χ4n) is 3.42. The lowest BCUT2D eigenvalue weighted by Crippen LogP contribution is -2.42. The quantitative estimate of drug-likeness (QED) is 0.642. The van der Waals surface area contributed by atoms with Crippen LogP contribution in [0.4, 0.5) is 20.5 Å². The average molecular weight is 386 g/mol. The van der Waals surface area contributed by atoms with Crippen molar-refractivity contribution in [3.05, 3.63) is 42.1 Å². The highest BCUT2D eigenvalue weighted by atomic mass is 19.3. The van der Waals surface area contributed by atoms with Crippen LogP contribution in [-0.2, 0) is 7.05 Å². The number of hydrogen-bond donors (Lipinski definition) is 2. The Hall–Kier alpha value is -2.77. The minimum Gasteiger partial charge on any atom is -0.369 e. The number of rotatable bonds is 7. The van der Waals surface area contributed by atoms with Crippen LogP contribution in [0, 0.1) is 5.92 Å². The summed E-state index contributed by atoms with van der Waals surface area (Å²) in [4.78, 5) is 9.07. The number of aromatic nitrogens is 4. The summed E-state index contributed by atoms with van der Waals surface area (Å²) in [5.41, 5.74) is 1.88. The molecule has 1 saturated carbocycles. The first-order valence-electron chi connectivity index (χ1n) is 9.54. The lowest BCUT2D eigenvalue weighted by atomic mass is 9.81. The van der Waals surface area contributed by atoms with Crippen molar-refractivity contribution in [1.82, 2.24) is 19.7 Å². The first kappa shape index (κ1) is 18.6. The van der Waals surface area contributed by atoms with Crippen molar-refractivity contribution in [1.29, 1.82) is 0 Å². The first-order valence-corrected chi connectivity index (χ1v) is 9.54. The maximum Gasteiger partial charge on any atom is 0.252 e. The fourth-order valence-corrected chi connectivity index (χ4v) is 3.42. The predicted molar refractivity (Wildman–Crippen MR) is 106 cm³/mol. The van der Waals surface area contributed by atoms with Crippen molar-refractivity contribution >= 4 is 22.8 Å². The van der Waals surface area contributed by atoms with E-state index in [4.69, 9.17) is 0 Å². The zero-order valence-corrected chi connectivity index (χ0v) is 16.0. The Bertz CT molecular complexity index is 956. The molecule has 2 atom stereocenters. The molecule has 2 aromatic heterocycles. The summed E-state index contributed by atoms with van der Waals surface area (Å²) in [5.74, 6) is -1.96. The molecule has 1 fully saturated rings. The van der Waals surface area contributed by atoms with Crippen LogP contribution in [0.2, 0.25) is 0 Å². The molecule has 0 spiro atoms. The maximum atomic E-state index is 13.6. The van der Waals surface area contributed by atoms with Gasteiger partial charge in [-0.1, -0.05) is 37.3 Å². The first-order chi connectivity index (χ1) is 13.4. The summed E-state index contributed by atoms with van der Waals surface area (Å²) >= 11 is 0. The van der Waals surface area contributed by atoms with Crippen molar-refractivity contribution < 1.29 is 8.78 Å². The molecule has 3 aromatic rings. The van der Waals surface area contributed by atoms with Crippen molar-refractivity contribution in [2.45, 2.75) is 31.6 Å². The minimum atomic E-state index is -2.58. The molecule has 0 radical (unpaired) electrons. The third-order valence-electron chi connectivity index (χ3n) is 5.47. The molecule has 6 nitrogen and oxygen atoms in total. The van der Waals surface area contributed by atoms with Gasteiger partial charge in [-0.3, -0.25) is 4.68 Å². The highest BCUT2D eigenvalue weighted by molar-refractivity contribution is 5.87. The summed E-state index contributed by atoms with van der Waals surface area (Å²) < 4.78 is 28.8. The molecule has 0 amide bonds. The van der Waals surface area contributed by atoms with E-state index in [1.165, 1.54) is 5.56 Å². The van der Waals surface area contributed by atoms with E-state index in [1.807, 2.05) is 18.2 Å². The smallest absolute Gasteiger partial charge is 0.252 e. The van der Waals surface area contributed by atoms with Gasteiger partial charge in [0, 0.05) is 32.5 Å². The summed E-state index contributed by atoms with van der Waals surface area (Å²) in [6.07, 6.45) is 2.16. The number of hydrogen-bond acceptors (Lipinski definition) is 5. The highest BCUT2D eigenvalue weighted by Crippen LogP contribution is 2.43. The largest absolute Gasteiger partial charge is 0.369 e. The molecule has 0 aliphatic heterocycles. The van der Waals surface area contributed by atoms with Crippen LogP contribution in [-0.4, -0.2) is 38.8 Å². The molecular weight excluding hydrogens is 362 g/mol. The van der Waals surface area contributed by atoms with Gasteiger partial charge < -0.3 is 10.6 Å². The summed E-state index contributed by atoms with van der Waals surface area (Å²) in [6, 6.07) is 10.2. The SMILES string of the molecule is CC(CNc1nc(NCC2CCC2(F)F)c2cnn(C)c2n1)c1ccccc1. The molecule has 2 N–H and O–H groups in total. The van der Waals surface area contributed by atoms with Gasteiger partial charge in [0.05, 0.1) is 11.6 Å². The van der Waals surface area contributed by atoms with Gasteiger partial charge in [0.1, 0.15) is 5.82 Å². The van der Waals surface area contributed by atoms with Crippen molar-refractivity contribution in [2.75, 3.05) is 23.7 Å². The van der Waals surface area contributed by atoms with Crippen molar-refractivity contribution in [3.63, 3.8) is 0 Å². The normalized spacial score (nSPS) is 19.2. The second-order valence-corrected chi connectivity index (χ2v) is 7.47. The molecule has 0 bridgehead atoms. The monoisotopic (exact) mass is 386 g/mol. The van der Waals surface area contributed by atoms with Crippen molar-refractivity contribution in [3.8, 4) is 0 Å². The molecule has 28 heavy (non-hydrogen) atoms. The Kier molecular flexibility index (Phi) is 4.87. The van der Waals surface area contributed by atoms with E-state index in [2.05, 4.69) is 44.8 Å². The number of benzene rings is 1. The molecule has 2 unspecified atom stereocenters. The van der Waals surface area contributed by atoms with E-state index in [0.717, 1.165) is 5.39 Å². The third kappa shape index (κ3) is 3.63. The second kappa shape index (κ2) is 7.33. The van der Waals surface area contributed by atoms with E-state index in [-0.39, 0.29) is 18.9 Å². The Labute approximate surface area is 162 Å². The molecule has 2 heterocycles. The molecule has 148 valence electrons. The molecular formula is C20H24F2N6. The zero-order valence-electron chi connectivity index (χ0n) is 16.0. The van der Waals surface area contributed by atoms with Gasteiger partial charge in [0.15, 0.2) is 5.65 Å². The number of halogens is 2. The predicted octanol–water partition coefficient (Wildman–Crippen LogP) is 4.04. The van der Waals surface area contributed by atoms with E-state index < -0.39 is 11.8 Å². The maximum absolute atomic E-state index is 13.6. The van der Waals surface area contributed by atoms with Crippen LogP contribution in [0.5, 0.6) is 0 Å². The number of aryl methyl sites for hydroxylation is 1. The Morgan fingerprint density at radius 2 is 2.00 bits per heavy atom. The average Bonchev–Trinajstić information content (AvgIpc) is 3.07. The summed E-state index contributed by atoms with van der Waals surface area (Å²) in [7, 11) is 1.80. The van der Waals surface area contributed by atoms with E-state index in [0.29, 0.717) is 30.4 Å². The minimum absolute atomic E-state index is 0.0321. The van der Waals surface area contributed by atoms with Gasteiger partial charge >= 0.3 is 0 Å². The summed E-state index contributed by atoms with van der Waals surface area (Å²) in [5, 5.41) is 11.3. The van der Waals surface area contributed by atoms with Crippen LogP contribution >= 0.6 is 0 Å². The zero-order chi connectivity index (χ0) is 19.7. The van der Waals surface area contributed by atoms with Gasteiger partial charge in [0.2, 0.25) is 5.95 Å². The van der Waals surface area contributed by atoms with E-state index in [1.54, 1.807) is 17.9 Å². The Morgan fingerprint density at radius 3 is 2.68 bits per heavy atom. The lowest BCUT2D eigenvalue weighted by molar-refractivity contribution is -0.126. The standard InChI is InChI=1S/C20H24F2N6/c1-13(14-6-4-3-5-7-14)10-24-19-26-17(16-12-25-28(2)18(16)27-19)23-11-15-8-9-20(15,21)22/h3-7,12-13,15H,8-11H2,1-2H3,(H2,23,24,26,27). The van der Waals surface area contributed by atoms with Crippen LogP contribution in [0.25, 0.3) is 11.0 Å². The number of anilines is 2. The number of fused-ring (bicyclic) bond motifs is 1. The van der Waals surface area contributed by atoms with Crippen molar-refractivity contribution in [2.24, 2.45) is 13.0 Å². The van der Waals surface area contributed by atoms with Gasteiger partial charge in [-0.15, -0.1) is 0 Å². The van der Waals surface area contributed by atoms with E-state index in [9.17, 15) is 8.78 Å². The molecule has 0 saturated heterocycles. The van der Waals surface area contributed by atoms with Crippen LogP contribution in [0.1, 0.15) is 31.2 Å². The number of nitrogens with zero attached hydrogens (tertiary/aromatic N) is 4. The topological polar surface area (TPSA) is 67.7 Å². The highest BCUT2D eigenvalue weighted by Gasteiger charge is 2.47. The van der Waals surface area contributed by atoms with Gasteiger partial charge in [-0.05, 0) is 17.9 Å². The fraction of sp³-hybridized carbons (Fsp3) is 0.450. The second-order valence-electron chi connectivity index (χ2n) is 7.47. The lowest BCUT2D eigenvalue weighted by Gasteiger charge is -2.36. The Balaban J connectivity index is 1.51. The van der Waals surface area contributed by atoms with Gasteiger partial charge in [-0.25, -0.2) is 8.78 Å². The van der Waals surface area contributed by atoms with Gasteiger partial charge in [0.25, 0.3) is 5.92 Å². The van der Waals surface area contributed by atoms with E-state index >= 15 is 0 Å². The molecule has 8 heteroatoms. The van der Waals surface area contributed by atoms with Crippen LogP contribution in [0.3, 0.4) is 0 Å². The third-order valence-corrected chi connectivity index (χ3v) is 5.47.